The molecule has 0 radical (unpaired) electrons. The van der Waals surface area contributed by atoms with Gasteiger partial charge in [-0.15, -0.1) is 0 Å². The molecule has 4 N–H and O–H groups in total. The van der Waals surface area contributed by atoms with E-state index in [0.717, 1.165) is 0 Å². The molecule has 2 aliphatic rings. The molecule has 1 aliphatic heterocycles. The molecule has 3 rings (SSSR count). The maximum absolute atomic E-state index is 14.0. The van der Waals surface area contributed by atoms with Crippen molar-refractivity contribution in [2.75, 3.05) is 21.3 Å². The van der Waals surface area contributed by atoms with Crippen molar-refractivity contribution in [3.05, 3.63) is 76.6 Å². The second kappa shape index (κ2) is 15.6. The first-order chi connectivity index (χ1) is 21.3. The van der Waals surface area contributed by atoms with Crippen LogP contribution in [0.3, 0.4) is 0 Å². The van der Waals surface area contributed by atoms with Crippen LogP contribution in [0, 0.1) is 11.8 Å². The SMILES string of the molecule is COC1=C2C[C@@H](C)C[C@H](OC)[C@H](O)[C@H](C)/C=C(\C)[C@@H](OC(N)=O)[C@@H](OC)/C=C\C=C(/C)C(=O)NC(=C(c3ccco3)C1=O)C2=O. The van der Waals surface area contributed by atoms with Gasteiger partial charge in [0.25, 0.3) is 5.91 Å². The number of hydrogen-bond donors (Lipinski definition) is 3. The van der Waals surface area contributed by atoms with Gasteiger partial charge in [-0.2, -0.15) is 0 Å². The maximum atomic E-state index is 14.0. The Labute approximate surface area is 262 Å². The van der Waals surface area contributed by atoms with Crippen LogP contribution >= 0.6 is 0 Å². The molecule has 2 bridgehead atoms. The first-order valence-corrected chi connectivity index (χ1v) is 14.5. The Morgan fingerprint density at radius 1 is 1.09 bits per heavy atom. The van der Waals surface area contributed by atoms with Crippen LogP contribution in [0.25, 0.3) is 5.57 Å². The molecule has 0 saturated carbocycles. The van der Waals surface area contributed by atoms with E-state index in [1.54, 1.807) is 32.1 Å². The van der Waals surface area contributed by atoms with Gasteiger partial charge in [0.05, 0.1) is 31.2 Å². The lowest BCUT2D eigenvalue weighted by molar-refractivity contribution is -0.120. The fraction of sp³-hybridized carbons (Fsp3) is 0.455. The minimum Gasteiger partial charge on any atom is -0.492 e. The summed E-state index contributed by atoms with van der Waals surface area (Å²) in [5.74, 6) is -2.65. The van der Waals surface area contributed by atoms with Crippen LogP contribution in [-0.4, -0.2) is 74.4 Å². The van der Waals surface area contributed by atoms with Crippen LogP contribution < -0.4 is 11.1 Å². The molecule has 0 spiro atoms. The van der Waals surface area contributed by atoms with Crippen LogP contribution in [0.5, 0.6) is 0 Å². The fourth-order valence-corrected chi connectivity index (χ4v) is 5.50. The van der Waals surface area contributed by atoms with Crippen molar-refractivity contribution in [3.8, 4) is 0 Å². The van der Waals surface area contributed by atoms with E-state index >= 15 is 0 Å². The third-order valence-corrected chi connectivity index (χ3v) is 7.87. The highest BCUT2D eigenvalue weighted by atomic mass is 16.6. The summed E-state index contributed by atoms with van der Waals surface area (Å²) in [6.45, 7) is 6.90. The van der Waals surface area contributed by atoms with Crippen molar-refractivity contribution < 1.29 is 47.6 Å². The molecule has 0 aromatic carbocycles. The summed E-state index contributed by atoms with van der Waals surface area (Å²) in [5.41, 5.74) is 5.85. The van der Waals surface area contributed by atoms with Crippen molar-refractivity contribution in [2.24, 2.45) is 17.6 Å². The number of carbonyl (C=O) groups is 4. The topological polar surface area (TPSA) is 177 Å². The highest BCUT2D eigenvalue weighted by molar-refractivity contribution is 6.38. The fourth-order valence-electron chi connectivity index (χ4n) is 5.50. The summed E-state index contributed by atoms with van der Waals surface area (Å²) >= 11 is 0. The Balaban J connectivity index is 2.18. The molecular formula is C33H42N2O10. The lowest BCUT2D eigenvalue weighted by Crippen LogP contribution is -2.37. The molecule has 12 nitrogen and oxygen atoms in total. The first-order valence-electron chi connectivity index (χ1n) is 14.5. The maximum Gasteiger partial charge on any atom is 0.405 e. The monoisotopic (exact) mass is 626 g/mol. The Morgan fingerprint density at radius 3 is 2.38 bits per heavy atom. The number of ether oxygens (including phenoxy) is 4. The number of nitrogens with two attached hydrogens (primary N) is 1. The van der Waals surface area contributed by atoms with Gasteiger partial charge in [0, 0.05) is 31.3 Å². The number of Topliss-reactive ketones (excluding diaryl/α,β-unsaturated/α-hetero) is 2. The molecule has 2 amide bonds. The predicted molar refractivity (Wildman–Crippen MR) is 164 cm³/mol. The average Bonchev–Trinajstić information content (AvgIpc) is 3.53. The summed E-state index contributed by atoms with van der Waals surface area (Å²) in [6, 6.07) is 3.07. The zero-order valence-corrected chi connectivity index (χ0v) is 26.6. The molecular weight excluding hydrogens is 584 g/mol. The molecule has 1 aromatic heterocycles. The smallest absolute Gasteiger partial charge is 0.405 e. The Hall–Kier alpha value is -4.26. The number of fused-ring (bicyclic) bond motifs is 2. The van der Waals surface area contributed by atoms with Crippen LogP contribution in [0.15, 0.2) is 75.3 Å². The van der Waals surface area contributed by atoms with E-state index in [9.17, 15) is 24.3 Å². The van der Waals surface area contributed by atoms with Crippen LogP contribution in [0.2, 0.25) is 0 Å². The zero-order valence-electron chi connectivity index (χ0n) is 26.6. The minimum atomic E-state index is -1.01. The lowest BCUT2D eigenvalue weighted by Gasteiger charge is -2.30. The van der Waals surface area contributed by atoms with E-state index < -0.39 is 53.9 Å². The highest BCUT2D eigenvalue weighted by Gasteiger charge is 2.39. The van der Waals surface area contributed by atoms with E-state index in [2.05, 4.69) is 5.32 Å². The molecule has 244 valence electrons. The standard InChI is InChI=1S/C33H42N2O10/c1-17-14-21-28(37)26(25(22-12-9-13-44-22)29(38)31(21)43-7)35-32(39)18(2)10-8-11-23(41-5)30(45-33(34)40)20(4)16-19(3)27(36)24(15-17)42-6/h8-13,16-17,19,23-24,27,30,36H,14-15H2,1-7H3,(H2,34,40)(H,35,39)/b11-8-,18-10+,20-16+/t17-,19-,23+,24+,27-,30-/m1/s1. The van der Waals surface area contributed by atoms with E-state index in [-0.39, 0.29) is 46.3 Å². The second-order valence-corrected chi connectivity index (χ2v) is 11.2. The van der Waals surface area contributed by atoms with Gasteiger partial charge < -0.3 is 39.5 Å². The largest absolute Gasteiger partial charge is 0.492 e. The Kier molecular flexibility index (Phi) is 12.2. The quantitative estimate of drug-likeness (QED) is 0.324. The summed E-state index contributed by atoms with van der Waals surface area (Å²) < 4.78 is 27.5. The van der Waals surface area contributed by atoms with Gasteiger partial charge in [0.2, 0.25) is 11.6 Å². The molecule has 0 unspecified atom stereocenters. The number of nitrogens with one attached hydrogen (secondary N) is 1. The van der Waals surface area contributed by atoms with Crippen molar-refractivity contribution in [1.82, 2.24) is 5.32 Å². The number of aliphatic hydroxyl groups excluding tert-OH is 1. The van der Waals surface area contributed by atoms with Crippen LogP contribution in [-0.2, 0) is 33.3 Å². The first kappa shape index (κ1) is 35.2. The van der Waals surface area contributed by atoms with Crippen molar-refractivity contribution in [1.29, 1.82) is 0 Å². The van der Waals surface area contributed by atoms with Gasteiger partial charge in [0.1, 0.15) is 17.6 Å². The predicted octanol–water partition coefficient (Wildman–Crippen LogP) is 3.53. The van der Waals surface area contributed by atoms with E-state index in [4.69, 9.17) is 29.1 Å². The zero-order chi connectivity index (χ0) is 33.4. The highest BCUT2D eigenvalue weighted by Crippen LogP contribution is 2.35. The summed E-state index contributed by atoms with van der Waals surface area (Å²) in [5, 5.41) is 13.9. The number of amides is 2. The van der Waals surface area contributed by atoms with Gasteiger partial charge in [-0.25, -0.2) is 4.79 Å². The molecule has 45 heavy (non-hydrogen) atoms. The van der Waals surface area contributed by atoms with E-state index in [0.29, 0.717) is 12.0 Å². The summed E-state index contributed by atoms with van der Waals surface area (Å²) in [4.78, 5) is 52.9. The summed E-state index contributed by atoms with van der Waals surface area (Å²) in [6.07, 6.45) is 3.66. The summed E-state index contributed by atoms with van der Waals surface area (Å²) in [7, 11) is 4.20. The number of aliphatic hydroxyl groups is 1. The van der Waals surface area contributed by atoms with Crippen LogP contribution in [0.1, 0.15) is 46.3 Å². The second-order valence-electron chi connectivity index (χ2n) is 11.2. The molecule has 0 saturated heterocycles. The molecule has 1 aliphatic carbocycles. The number of furan rings is 1. The number of rotatable bonds is 5. The Morgan fingerprint density at radius 2 is 1.80 bits per heavy atom. The van der Waals surface area contributed by atoms with Gasteiger partial charge in [0.15, 0.2) is 11.9 Å². The number of ketones is 2. The molecule has 0 fully saturated rings. The number of carbonyl (C=O) groups excluding carboxylic acids is 4. The third-order valence-electron chi connectivity index (χ3n) is 7.87. The lowest BCUT2D eigenvalue weighted by atomic mass is 9.83. The van der Waals surface area contributed by atoms with Gasteiger partial charge >= 0.3 is 6.09 Å². The van der Waals surface area contributed by atoms with Crippen molar-refractivity contribution >= 4 is 29.1 Å². The van der Waals surface area contributed by atoms with Crippen molar-refractivity contribution in [3.63, 3.8) is 0 Å². The van der Waals surface area contributed by atoms with Gasteiger partial charge in [-0.3, -0.25) is 14.4 Å². The molecule has 2 heterocycles. The number of hydrogen-bond acceptors (Lipinski definition) is 10. The molecule has 12 heteroatoms. The average molecular weight is 627 g/mol. The van der Waals surface area contributed by atoms with Gasteiger partial charge in [-0.05, 0) is 50.3 Å². The third kappa shape index (κ3) is 8.27. The molecule has 1 aromatic rings. The molecule has 6 atom stereocenters. The Bertz CT molecular complexity index is 1430. The minimum absolute atomic E-state index is 0.0857. The van der Waals surface area contributed by atoms with Gasteiger partial charge in [-0.1, -0.05) is 38.2 Å². The van der Waals surface area contributed by atoms with Crippen molar-refractivity contribution in [2.45, 2.75) is 65.0 Å². The normalized spacial score (nSPS) is 30.6. The number of primary amides is 1. The number of allylic oxidation sites excluding steroid dienone is 4. The van der Waals surface area contributed by atoms with Crippen LogP contribution in [0.4, 0.5) is 4.79 Å². The van der Waals surface area contributed by atoms with E-state index in [1.807, 2.05) is 6.92 Å². The van der Waals surface area contributed by atoms with E-state index in [1.165, 1.54) is 52.7 Å². The number of methoxy groups -OCH3 is 3.